The number of ether oxygens (including phenoxy) is 1. The molecule has 1 aliphatic heterocycles. The summed E-state index contributed by atoms with van der Waals surface area (Å²) >= 11 is 0. The molecule has 116 valence electrons. The highest BCUT2D eigenvalue weighted by Crippen LogP contribution is 2.26. The minimum Gasteiger partial charge on any atom is -0.465 e. The van der Waals surface area contributed by atoms with Crippen LogP contribution < -0.4 is 0 Å². The number of amides is 2. The van der Waals surface area contributed by atoms with Gasteiger partial charge < -0.3 is 4.74 Å². The first kappa shape index (κ1) is 15.8. The number of ketones is 1. The van der Waals surface area contributed by atoms with Gasteiger partial charge in [0.05, 0.1) is 17.7 Å². The van der Waals surface area contributed by atoms with E-state index >= 15 is 0 Å². The van der Waals surface area contributed by atoms with Gasteiger partial charge in [-0.2, -0.15) is 0 Å². The summed E-state index contributed by atoms with van der Waals surface area (Å²) in [6, 6.07) is 3.71. The molecular formula is C15H14FNO5. The van der Waals surface area contributed by atoms with E-state index in [2.05, 4.69) is 0 Å². The number of rotatable bonds is 5. The lowest BCUT2D eigenvalue weighted by Gasteiger charge is -2.19. The molecule has 1 aliphatic rings. The van der Waals surface area contributed by atoms with Gasteiger partial charge in [-0.15, -0.1) is 0 Å². The van der Waals surface area contributed by atoms with Gasteiger partial charge in [-0.25, -0.2) is 4.39 Å². The van der Waals surface area contributed by atoms with Crippen molar-refractivity contribution in [2.75, 3.05) is 13.2 Å². The summed E-state index contributed by atoms with van der Waals surface area (Å²) in [5.41, 5.74) is -0.408. The molecule has 1 heterocycles. The molecule has 1 atom stereocenters. The van der Waals surface area contributed by atoms with Crippen LogP contribution in [-0.2, 0) is 14.3 Å². The number of imide groups is 1. The molecule has 0 bridgehead atoms. The number of benzene rings is 1. The molecule has 1 aromatic rings. The first-order valence-electron chi connectivity index (χ1n) is 6.70. The lowest BCUT2D eigenvalue weighted by Crippen LogP contribution is -2.40. The summed E-state index contributed by atoms with van der Waals surface area (Å²) in [6.07, 6.45) is 0. The standard InChI is InChI=1S/C15H14FNO5/c1-3-22-15(21)10(8(2)18)7-17-13(19)9-5-4-6-11(16)12(9)14(17)20/h4-6,10H,3,7H2,1-2H3/t10-/m0/s1. The molecule has 0 radical (unpaired) electrons. The van der Waals surface area contributed by atoms with Crippen LogP contribution in [0.5, 0.6) is 0 Å². The minimum absolute atomic E-state index is 0.0688. The number of hydrogen-bond donors (Lipinski definition) is 0. The Hall–Kier alpha value is -2.57. The summed E-state index contributed by atoms with van der Waals surface area (Å²) in [5.74, 6) is -5.01. The summed E-state index contributed by atoms with van der Waals surface area (Å²) < 4.78 is 18.5. The molecule has 0 saturated carbocycles. The van der Waals surface area contributed by atoms with Gasteiger partial charge in [0.1, 0.15) is 17.5 Å². The van der Waals surface area contributed by atoms with Crippen molar-refractivity contribution in [3.8, 4) is 0 Å². The predicted molar refractivity (Wildman–Crippen MR) is 72.6 cm³/mol. The van der Waals surface area contributed by atoms with Gasteiger partial charge in [0.25, 0.3) is 11.8 Å². The quantitative estimate of drug-likeness (QED) is 0.464. The van der Waals surface area contributed by atoms with Crippen LogP contribution in [0.1, 0.15) is 34.6 Å². The monoisotopic (exact) mass is 307 g/mol. The number of carbonyl (C=O) groups excluding carboxylic acids is 4. The maximum absolute atomic E-state index is 13.7. The predicted octanol–water partition coefficient (Wildman–Crippen LogP) is 1.19. The van der Waals surface area contributed by atoms with E-state index in [0.717, 1.165) is 6.07 Å². The number of carbonyl (C=O) groups is 4. The van der Waals surface area contributed by atoms with Gasteiger partial charge in [-0.3, -0.25) is 24.1 Å². The molecule has 0 aromatic heterocycles. The number of fused-ring (bicyclic) bond motifs is 1. The molecule has 22 heavy (non-hydrogen) atoms. The van der Waals surface area contributed by atoms with Gasteiger partial charge in [-0.05, 0) is 26.0 Å². The molecule has 0 fully saturated rings. The van der Waals surface area contributed by atoms with Crippen LogP contribution in [0.4, 0.5) is 4.39 Å². The van der Waals surface area contributed by atoms with Crippen molar-refractivity contribution in [1.82, 2.24) is 4.90 Å². The third-order valence-corrected chi connectivity index (χ3v) is 3.38. The number of esters is 1. The van der Waals surface area contributed by atoms with Crippen LogP contribution >= 0.6 is 0 Å². The van der Waals surface area contributed by atoms with Crippen LogP contribution in [0.2, 0.25) is 0 Å². The Kier molecular flexibility index (Phi) is 4.35. The molecule has 0 spiro atoms. The van der Waals surface area contributed by atoms with E-state index < -0.39 is 41.8 Å². The molecular weight excluding hydrogens is 293 g/mol. The Labute approximate surface area is 125 Å². The first-order chi connectivity index (χ1) is 10.4. The molecule has 0 N–H and O–H groups in total. The van der Waals surface area contributed by atoms with Crippen LogP contribution in [0.15, 0.2) is 18.2 Å². The van der Waals surface area contributed by atoms with E-state index in [1.165, 1.54) is 19.1 Å². The van der Waals surface area contributed by atoms with Crippen molar-refractivity contribution in [1.29, 1.82) is 0 Å². The maximum atomic E-state index is 13.7. The highest BCUT2D eigenvalue weighted by atomic mass is 19.1. The molecule has 2 rings (SSSR count). The third-order valence-electron chi connectivity index (χ3n) is 3.38. The molecule has 2 amide bonds. The topological polar surface area (TPSA) is 80.8 Å². The van der Waals surface area contributed by atoms with E-state index in [1.807, 2.05) is 0 Å². The second-order valence-corrected chi connectivity index (χ2v) is 4.80. The van der Waals surface area contributed by atoms with Crippen LogP contribution in [0.25, 0.3) is 0 Å². The maximum Gasteiger partial charge on any atom is 0.318 e. The Morgan fingerprint density at radius 2 is 1.95 bits per heavy atom. The summed E-state index contributed by atoms with van der Waals surface area (Å²) in [4.78, 5) is 48.4. The zero-order valence-electron chi connectivity index (χ0n) is 12.1. The number of halogens is 1. The number of Topliss-reactive ketones (excluding diaryl/α,β-unsaturated/α-hetero) is 1. The Bertz CT molecular complexity index is 670. The molecule has 0 unspecified atom stereocenters. The highest BCUT2D eigenvalue weighted by Gasteiger charge is 2.41. The van der Waals surface area contributed by atoms with Gasteiger partial charge in [0.15, 0.2) is 0 Å². The second-order valence-electron chi connectivity index (χ2n) is 4.80. The third kappa shape index (κ3) is 2.61. The zero-order valence-corrected chi connectivity index (χ0v) is 12.1. The van der Waals surface area contributed by atoms with Crippen molar-refractivity contribution in [2.24, 2.45) is 5.92 Å². The first-order valence-corrected chi connectivity index (χ1v) is 6.70. The van der Waals surface area contributed by atoms with Crippen molar-refractivity contribution in [2.45, 2.75) is 13.8 Å². The molecule has 1 aromatic carbocycles. The number of hydrogen-bond acceptors (Lipinski definition) is 5. The highest BCUT2D eigenvalue weighted by molar-refractivity contribution is 6.21. The summed E-state index contributed by atoms with van der Waals surface area (Å²) in [6.45, 7) is 2.35. The van der Waals surface area contributed by atoms with Crippen LogP contribution in [0.3, 0.4) is 0 Å². The average molecular weight is 307 g/mol. The van der Waals surface area contributed by atoms with Crippen molar-refractivity contribution >= 4 is 23.6 Å². The Morgan fingerprint density at radius 1 is 1.27 bits per heavy atom. The second kappa shape index (κ2) is 6.05. The van der Waals surface area contributed by atoms with E-state index in [-0.39, 0.29) is 17.7 Å². The van der Waals surface area contributed by atoms with Crippen LogP contribution in [0, 0.1) is 11.7 Å². The number of nitrogens with zero attached hydrogens (tertiary/aromatic N) is 1. The molecule has 7 heteroatoms. The fourth-order valence-electron chi connectivity index (χ4n) is 2.25. The van der Waals surface area contributed by atoms with Crippen molar-refractivity contribution in [3.63, 3.8) is 0 Å². The van der Waals surface area contributed by atoms with Crippen molar-refractivity contribution < 1.29 is 28.3 Å². The lowest BCUT2D eigenvalue weighted by molar-refractivity contribution is -0.151. The average Bonchev–Trinajstić information content (AvgIpc) is 2.69. The summed E-state index contributed by atoms with van der Waals surface area (Å²) in [7, 11) is 0. The van der Waals surface area contributed by atoms with E-state index in [9.17, 15) is 23.6 Å². The minimum atomic E-state index is -1.27. The van der Waals surface area contributed by atoms with Gasteiger partial charge >= 0.3 is 5.97 Å². The normalized spacial score (nSPS) is 14.8. The Balaban J connectivity index is 2.29. The zero-order chi connectivity index (χ0) is 16.4. The molecule has 0 saturated heterocycles. The van der Waals surface area contributed by atoms with Gasteiger partial charge in [0.2, 0.25) is 0 Å². The summed E-state index contributed by atoms with van der Waals surface area (Å²) in [5, 5.41) is 0. The van der Waals surface area contributed by atoms with E-state index in [1.54, 1.807) is 6.92 Å². The SMILES string of the molecule is CCOC(=O)[C@@H](CN1C(=O)c2cccc(F)c2C1=O)C(C)=O. The molecule has 0 aliphatic carbocycles. The smallest absolute Gasteiger partial charge is 0.318 e. The van der Waals surface area contributed by atoms with E-state index in [0.29, 0.717) is 4.90 Å². The van der Waals surface area contributed by atoms with Gasteiger partial charge in [-0.1, -0.05) is 6.07 Å². The Morgan fingerprint density at radius 3 is 2.50 bits per heavy atom. The van der Waals surface area contributed by atoms with Gasteiger partial charge in [0, 0.05) is 6.54 Å². The largest absolute Gasteiger partial charge is 0.465 e. The van der Waals surface area contributed by atoms with Crippen LogP contribution in [-0.4, -0.2) is 41.6 Å². The lowest BCUT2D eigenvalue weighted by atomic mass is 10.1. The molecule has 6 nitrogen and oxygen atoms in total. The van der Waals surface area contributed by atoms with Crippen molar-refractivity contribution in [3.05, 3.63) is 35.1 Å². The van der Waals surface area contributed by atoms with E-state index in [4.69, 9.17) is 4.74 Å². The fourth-order valence-corrected chi connectivity index (χ4v) is 2.25. The fraction of sp³-hybridized carbons (Fsp3) is 0.333.